The van der Waals surface area contributed by atoms with Crippen molar-refractivity contribution in [2.75, 3.05) is 24.3 Å². The molecule has 0 aliphatic heterocycles. The standard InChI is InChI=1S/C15H16F3N3O2S/c1-21(2)14-8-7-11(10-20-14)9-19-12-5-3-4-6-13(12)24(22,23)15(16,17)18/h3-8,10,19H,9H2,1-2H3. The van der Waals surface area contributed by atoms with Crippen LogP contribution in [0.25, 0.3) is 0 Å². The molecule has 0 fully saturated rings. The molecule has 2 rings (SSSR count). The Bertz CT molecular complexity index is 803. The van der Waals surface area contributed by atoms with Crippen molar-refractivity contribution >= 4 is 21.3 Å². The van der Waals surface area contributed by atoms with E-state index in [4.69, 9.17) is 0 Å². The van der Waals surface area contributed by atoms with E-state index in [9.17, 15) is 21.6 Å². The lowest BCUT2D eigenvalue weighted by molar-refractivity contribution is -0.0435. The highest BCUT2D eigenvalue weighted by atomic mass is 32.2. The summed E-state index contributed by atoms with van der Waals surface area (Å²) in [7, 11) is -1.75. The van der Waals surface area contributed by atoms with E-state index in [1.54, 1.807) is 18.3 Å². The van der Waals surface area contributed by atoms with Gasteiger partial charge in [0.2, 0.25) is 0 Å². The van der Waals surface area contributed by atoms with Crippen LogP contribution in [0.1, 0.15) is 5.56 Å². The summed E-state index contributed by atoms with van der Waals surface area (Å²) in [5, 5.41) is 2.72. The topological polar surface area (TPSA) is 62.3 Å². The second-order valence-electron chi connectivity index (χ2n) is 5.22. The number of anilines is 2. The quantitative estimate of drug-likeness (QED) is 0.889. The number of aromatic nitrogens is 1. The van der Waals surface area contributed by atoms with Gasteiger partial charge >= 0.3 is 5.51 Å². The molecule has 5 nitrogen and oxygen atoms in total. The molecule has 1 aromatic heterocycles. The average molecular weight is 359 g/mol. The number of rotatable bonds is 5. The first kappa shape index (κ1) is 18.1. The van der Waals surface area contributed by atoms with Gasteiger partial charge in [-0.3, -0.25) is 0 Å². The van der Waals surface area contributed by atoms with Crippen LogP contribution in [0.5, 0.6) is 0 Å². The Hall–Kier alpha value is -2.29. The van der Waals surface area contributed by atoms with Gasteiger partial charge in [-0.2, -0.15) is 13.2 Å². The lowest BCUT2D eigenvalue weighted by atomic mass is 10.2. The van der Waals surface area contributed by atoms with Crippen molar-refractivity contribution in [1.29, 1.82) is 0 Å². The lowest BCUT2D eigenvalue weighted by Crippen LogP contribution is -2.24. The maximum absolute atomic E-state index is 12.8. The number of hydrogen-bond acceptors (Lipinski definition) is 5. The molecule has 24 heavy (non-hydrogen) atoms. The molecule has 1 N–H and O–H groups in total. The van der Waals surface area contributed by atoms with Gasteiger partial charge in [0, 0.05) is 26.8 Å². The molecule has 0 saturated carbocycles. The zero-order valence-electron chi connectivity index (χ0n) is 13.0. The van der Waals surface area contributed by atoms with Crippen molar-refractivity contribution in [2.24, 2.45) is 0 Å². The maximum atomic E-state index is 12.8. The number of nitrogens with one attached hydrogen (secondary N) is 1. The van der Waals surface area contributed by atoms with Crippen LogP contribution in [-0.4, -0.2) is 33.0 Å². The van der Waals surface area contributed by atoms with E-state index in [2.05, 4.69) is 10.3 Å². The van der Waals surface area contributed by atoms with Gasteiger partial charge in [-0.05, 0) is 23.8 Å². The van der Waals surface area contributed by atoms with E-state index in [0.717, 1.165) is 11.9 Å². The summed E-state index contributed by atoms with van der Waals surface area (Å²) >= 11 is 0. The first-order valence-corrected chi connectivity index (χ1v) is 8.38. The van der Waals surface area contributed by atoms with Crippen LogP contribution in [0.3, 0.4) is 0 Å². The van der Waals surface area contributed by atoms with Crippen LogP contribution < -0.4 is 10.2 Å². The first-order chi connectivity index (χ1) is 11.1. The Morgan fingerprint density at radius 2 is 1.79 bits per heavy atom. The number of pyridine rings is 1. The van der Waals surface area contributed by atoms with Crippen molar-refractivity contribution in [3.05, 3.63) is 48.2 Å². The minimum atomic E-state index is -5.41. The molecule has 2 aromatic rings. The summed E-state index contributed by atoms with van der Waals surface area (Å²) in [5.74, 6) is 0.735. The number of para-hydroxylation sites is 1. The Morgan fingerprint density at radius 1 is 1.12 bits per heavy atom. The third-order valence-corrected chi connectivity index (χ3v) is 4.78. The maximum Gasteiger partial charge on any atom is 0.501 e. The highest BCUT2D eigenvalue weighted by Gasteiger charge is 2.47. The predicted octanol–water partition coefficient (Wildman–Crippen LogP) is 3.05. The molecule has 1 aromatic carbocycles. The van der Waals surface area contributed by atoms with Crippen LogP contribution >= 0.6 is 0 Å². The van der Waals surface area contributed by atoms with Gasteiger partial charge in [0.05, 0.1) is 10.6 Å². The first-order valence-electron chi connectivity index (χ1n) is 6.89. The SMILES string of the molecule is CN(C)c1ccc(CNc2ccccc2S(=O)(=O)C(F)(F)F)cn1. The van der Waals surface area contributed by atoms with Gasteiger partial charge in [-0.25, -0.2) is 13.4 Å². The number of halogens is 3. The second-order valence-corrected chi connectivity index (χ2v) is 7.13. The number of benzene rings is 1. The molecule has 0 saturated heterocycles. The van der Waals surface area contributed by atoms with Crippen LogP contribution in [0.4, 0.5) is 24.7 Å². The fourth-order valence-electron chi connectivity index (χ4n) is 1.95. The zero-order chi connectivity index (χ0) is 18.0. The molecule has 9 heteroatoms. The monoisotopic (exact) mass is 359 g/mol. The number of sulfone groups is 1. The number of hydrogen-bond donors (Lipinski definition) is 1. The highest BCUT2D eigenvalue weighted by molar-refractivity contribution is 7.92. The molecule has 0 spiro atoms. The molecule has 0 aliphatic carbocycles. The van der Waals surface area contributed by atoms with Crippen LogP contribution in [0.2, 0.25) is 0 Å². The van der Waals surface area contributed by atoms with E-state index >= 15 is 0 Å². The Balaban J connectivity index is 2.23. The molecular formula is C15H16F3N3O2S. The van der Waals surface area contributed by atoms with Gasteiger partial charge in [0.15, 0.2) is 0 Å². The summed E-state index contributed by atoms with van der Waals surface area (Å²) in [5.41, 5.74) is -4.74. The second kappa shape index (κ2) is 6.68. The number of alkyl halides is 3. The Morgan fingerprint density at radius 3 is 2.33 bits per heavy atom. The Kier molecular flexibility index (Phi) is 5.02. The van der Waals surface area contributed by atoms with Crippen molar-refractivity contribution in [2.45, 2.75) is 16.9 Å². The molecule has 1 heterocycles. The predicted molar refractivity (Wildman–Crippen MR) is 85.6 cm³/mol. The highest BCUT2D eigenvalue weighted by Crippen LogP contribution is 2.34. The fraction of sp³-hybridized carbons (Fsp3) is 0.267. The van der Waals surface area contributed by atoms with Crippen molar-refractivity contribution in [3.8, 4) is 0 Å². The van der Waals surface area contributed by atoms with Crippen molar-refractivity contribution < 1.29 is 21.6 Å². The molecule has 0 atom stereocenters. The van der Waals surface area contributed by atoms with Gasteiger partial charge in [-0.15, -0.1) is 0 Å². The summed E-state index contributed by atoms with van der Waals surface area (Å²) in [6.45, 7) is 0.144. The van der Waals surface area contributed by atoms with Crippen LogP contribution in [0.15, 0.2) is 47.5 Å². The zero-order valence-corrected chi connectivity index (χ0v) is 13.8. The molecular weight excluding hydrogens is 343 g/mol. The smallest absolute Gasteiger partial charge is 0.380 e. The molecule has 0 aliphatic rings. The summed E-state index contributed by atoms with van der Waals surface area (Å²) in [4.78, 5) is 5.20. The van der Waals surface area contributed by atoms with Gasteiger partial charge in [0.1, 0.15) is 5.82 Å². The van der Waals surface area contributed by atoms with Gasteiger partial charge < -0.3 is 10.2 Å². The molecule has 0 bridgehead atoms. The Labute approximate surface area is 138 Å². The summed E-state index contributed by atoms with van der Waals surface area (Å²) in [6, 6.07) is 8.45. The fourth-order valence-corrected chi connectivity index (χ4v) is 2.89. The van der Waals surface area contributed by atoms with Crippen LogP contribution in [0, 0.1) is 0 Å². The number of nitrogens with zero attached hydrogens (tertiary/aromatic N) is 2. The third kappa shape index (κ3) is 3.78. The normalized spacial score (nSPS) is 12.0. The summed E-state index contributed by atoms with van der Waals surface area (Å²) < 4.78 is 61.5. The summed E-state index contributed by atoms with van der Waals surface area (Å²) in [6.07, 6.45) is 1.57. The van der Waals surface area contributed by atoms with Crippen molar-refractivity contribution in [1.82, 2.24) is 4.98 Å². The molecule has 0 unspecified atom stereocenters. The molecule has 130 valence electrons. The average Bonchev–Trinajstić information content (AvgIpc) is 2.52. The van der Waals surface area contributed by atoms with E-state index in [0.29, 0.717) is 5.56 Å². The van der Waals surface area contributed by atoms with E-state index in [-0.39, 0.29) is 12.2 Å². The van der Waals surface area contributed by atoms with Crippen LogP contribution in [-0.2, 0) is 16.4 Å². The molecule has 0 radical (unpaired) electrons. The van der Waals surface area contributed by atoms with Gasteiger partial charge in [-0.1, -0.05) is 18.2 Å². The van der Waals surface area contributed by atoms with E-state index in [1.165, 1.54) is 18.2 Å². The van der Waals surface area contributed by atoms with E-state index in [1.807, 2.05) is 19.0 Å². The minimum Gasteiger partial charge on any atom is -0.380 e. The van der Waals surface area contributed by atoms with Crippen molar-refractivity contribution in [3.63, 3.8) is 0 Å². The molecule has 0 amide bonds. The largest absolute Gasteiger partial charge is 0.501 e. The minimum absolute atomic E-state index is 0.105. The van der Waals surface area contributed by atoms with Gasteiger partial charge in [0.25, 0.3) is 9.84 Å². The third-order valence-electron chi connectivity index (χ3n) is 3.23. The lowest BCUT2D eigenvalue weighted by Gasteiger charge is -2.15. The van der Waals surface area contributed by atoms with E-state index < -0.39 is 20.2 Å².